The lowest BCUT2D eigenvalue weighted by Gasteiger charge is -2.50. The van der Waals surface area contributed by atoms with Crippen molar-refractivity contribution in [1.82, 2.24) is 20.1 Å². The van der Waals surface area contributed by atoms with Crippen LogP contribution in [-0.4, -0.2) is 92.9 Å². The first-order valence-corrected chi connectivity index (χ1v) is 21.2. The molecule has 3 atom stereocenters. The van der Waals surface area contributed by atoms with Crippen molar-refractivity contribution in [1.29, 1.82) is 0 Å². The van der Waals surface area contributed by atoms with Gasteiger partial charge in [0, 0.05) is 28.9 Å². The molecule has 1 aromatic heterocycles. The summed E-state index contributed by atoms with van der Waals surface area (Å²) >= 11 is 2.83. The number of aromatic nitrogens is 1. The number of rotatable bonds is 11. The summed E-state index contributed by atoms with van der Waals surface area (Å²) in [5.41, 5.74) is 3.96. The van der Waals surface area contributed by atoms with Crippen LogP contribution in [0.5, 0.6) is 0 Å². The van der Waals surface area contributed by atoms with E-state index >= 15 is 0 Å². The number of ether oxygens (including phenoxy) is 1. The van der Waals surface area contributed by atoms with E-state index < -0.39 is 41.0 Å². The molecule has 3 aromatic carbocycles. The van der Waals surface area contributed by atoms with Crippen molar-refractivity contribution >= 4 is 67.7 Å². The molecular formula is C40H42N6O5S3. The van der Waals surface area contributed by atoms with E-state index in [9.17, 15) is 14.4 Å². The highest BCUT2D eigenvalue weighted by Crippen LogP contribution is 2.43. The first kappa shape index (κ1) is 37.4. The maximum Gasteiger partial charge on any atom is 0.358 e. The number of hydrogen-bond donors (Lipinski definition) is 2. The second-order valence-corrected chi connectivity index (χ2v) is 17.9. The molecule has 4 aromatic rings. The summed E-state index contributed by atoms with van der Waals surface area (Å²) in [6.07, 6.45) is 2.15. The van der Waals surface area contributed by atoms with Crippen LogP contribution in [-0.2, 0) is 29.5 Å². The maximum absolute atomic E-state index is 14.0. The summed E-state index contributed by atoms with van der Waals surface area (Å²) in [4.78, 5) is 55.0. The molecule has 4 heterocycles. The monoisotopic (exact) mass is 782 g/mol. The van der Waals surface area contributed by atoms with Gasteiger partial charge in [-0.1, -0.05) is 96.2 Å². The Morgan fingerprint density at radius 2 is 1.54 bits per heavy atom. The van der Waals surface area contributed by atoms with Crippen LogP contribution < -0.4 is 10.6 Å². The average Bonchev–Trinajstić information content (AvgIpc) is 3.83. The Labute approximate surface area is 325 Å². The van der Waals surface area contributed by atoms with Gasteiger partial charge in [0.1, 0.15) is 35.0 Å². The van der Waals surface area contributed by atoms with Gasteiger partial charge in [-0.05, 0) is 43.7 Å². The second-order valence-electron chi connectivity index (χ2n) is 14.0. The molecule has 3 aliphatic rings. The maximum atomic E-state index is 14.0. The fourth-order valence-corrected chi connectivity index (χ4v) is 10.2. The highest BCUT2D eigenvalue weighted by molar-refractivity contribution is 8.14. The van der Waals surface area contributed by atoms with Gasteiger partial charge in [0.25, 0.3) is 11.8 Å². The molecule has 14 heteroatoms. The van der Waals surface area contributed by atoms with Gasteiger partial charge in [0.05, 0.1) is 6.04 Å². The molecule has 0 spiro atoms. The van der Waals surface area contributed by atoms with Crippen LogP contribution in [0, 0.1) is 0 Å². The van der Waals surface area contributed by atoms with E-state index in [0.29, 0.717) is 15.9 Å². The number of hydrogen-bond acceptors (Lipinski definition) is 11. The van der Waals surface area contributed by atoms with Crippen molar-refractivity contribution in [2.45, 2.75) is 44.0 Å². The molecule has 0 aliphatic carbocycles. The molecule has 280 valence electrons. The molecule has 54 heavy (non-hydrogen) atoms. The minimum atomic E-state index is -0.882. The number of nitrogens with zero attached hydrogens (tertiary/aromatic N) is 4. The predicted molar refractivity (Wildman–Crippen MR) is 218 cm³/mol. The van der Waals surface area contributed by atoms with Gasteiger partial charge in [0.2, 0.25) is 0 Å². The lowest BCUT2D eigenvalue weighted by Crippen LogP contribution is -2.73. The van der Waals surface area contributed by atoms with Gasteiger partial charge < -0.3 is 25.1 Å². The Morgan fingerprint density at radius 1 is 0.944 bits per heavy atom. The summed E-state index contributed by atoms with van der Waals surface area (Å²) in [5, 5.41) is 13.7. The summed E-state index contributed by atoms with van der Waals surface area (Å²) in [6, 6.07) is 29.1. The second kappa shape index (κ2) is 15.4. The van der Waals surface area contributed by atoms with E-state index in [-0.39, 0.29) is 27.6 Å². The SMILES string of the molecule is CON=C(C(=O)NC1C(=O)N2C(C(=O)OC(C)(C)C)=C(N3C=S(C)CC3)SCC12)c1csc(NC(c2ccccc2)(c2ccccc2)c2ccccc2)n1. The standard InChI is InChI=1S/C40H42N6O5S3/c1-39(2,3)51-37(49)33-36(45-21-22-54(5)25-45)52-24-30-32(35(48)46(30)33)42-34(47)31(44-50-4)29-23-53-38(41-29)43-40(26-15-9-6-10-16-26,27-17-11-7-12-18-27)28-19-13-8-14-20-28/h6-20,23,25,30,32H,21-22,24H2,1-5H3,(H,41,43)(H,42,47). The lowest BCUT2D eigenvalue weighted by atomic mass is 9.77. The summed E-state index contributed by atoms with van der Waals surface area (Å²) < 4.78 is 5.78. The van der Waals surface area contributed by atoms with Crippen LogP contribution in [0.25, 0.3) is 0 Å². The van der Waals surface area contributed by atoms with Crippen molar-refractivity contribution < 1.29 is 24.0 Å². The minimum Gasteiger partial charge on any atom is -0.455 e. The summed E-state index contributed by atoms with van der Waals surface area (Å²) in [6.45, 7) is 6.15. The first-order valence-electron chi connectivity index (χ1n) is 17.5. The average molecular weight is 783 g/mol. The van der Waals surface area contributed by atoms with Gasteiger partial charge in [-0.2, -0.15) is 10.5 Å². The molecule has 11 nitrogen and oxygen atoms in total. The van der Waals surface area contributed by atoms with Gasteiger partial charge in [-0.3, -0.25) is 14.5 Å². The van der Waals surface area contributed by atoms with Gasteiger partial charge in [-0.15, -0.1) is 23.1 Å². The van der Waals surface area contributed by atoms with Crippen LogP contribution in [0.1, 0.15) is 43.2 Å². The van der Waals surface area contributed by atoms with Crippen molar-refractivity contribution in [2.75, 3.05) is 36.7 Å². The zero-order chi connectivity index (χ0) is 38.0. The molecular weight excluding hydrogens is 741 g/mol. The highest BCUT2D eigenvalue weighted by atomic mass is 32.2. The van der Waals surface area contributed by atoms with Gasteiger partial charge in [-0.25, -0.2) is 9.78 Å². The van der Waals surface area contributed by atoms with Crippen molar-refractivity contribution in [3.05, 3.63) is 129 Å². The zero-order valence-electron chi connectivity index (χ0n) is 30.6. The Balaban J connectivity index is 1.16. The largest absolute Gasteiger partial charge is 0.455 e. The van der Waals surface area contributed by atoms with E-state index in [2.05, 4.69) is 68.8 Å². The van der Waals surface area contributed by atoms with Crippen LogP contribution in [0.4, 0.5) is 5.13 Å². The predicted octanol–water partition coefficient (Wildman–Crippen LogP) is 5.82. The Bertz CT molecular complexity index is 2040. The number of carbonyl (C=O) groups excluding carboxylic acids is 3. The Morgan fingerprint density at radius 3 is 2.06 bits per heavy atom. The number of thiazole rings is 1. The number of benzene rings is 3. The van der Waals surface area contributed by atoms with Crippen molar-refractivity contribution in [3.8, 4) is 0 Å². The van der Waals surface area contributed by atoms with E-state index in [1.54, 1.807) is 26.2 Å². The molecule has 2 N–H and O–H groups in total. The third-order valence-corrected chi connectivity index (χ3v) is 12.6. The topological polar surface area (TPSA) is 125 Å². The van der Waals surface area contributed by atoms with E-state index in [1.807, 2.05) is 54.6 Å². The van der Waals surface area contributed by atoms with Gasteiger partial charge >= 0.3 is 5.97 Å². The molecule has 1 fully saturated rings. The van der Waals surface area contributed by atoms with Crippen LogP contribution >= 0.6 is 33.6 Å². The van der Waals surface area contributed by atoms with E-state index in [0.717, 1.165) is 29.0 Å². The molecule has 3 aliphatic heterocycles. The highest BCUT2D eigenvalue weighted by Gasteiger charge is 2.55. The lowest BCUT2D eigenvalue weighted by molar-refractivity contribution is -0.160. The minimum absolute atomic E-state index is 0.0694. The third kappa shape index (κ3) is 7.29. The van der Waals surface area contributed by atoms with Crippen LogP contribution in [0.3, 0.4) is 0 Å². The molecule has 0 bridgehead atoms. The van der Waals surface area contributed by atoms with E-state index in [4.69, 9.17) is 14.6 Å². The van der Waals surface area contributed by atoms with Gasteiger partial charge in [0.15, 0.2) is 16.5 Å². The Hall–Kier alpha value is -4.92. The third-order valence-electron chi connectivity index (χ3n) is 9.21. The number of carbonyl (C=O) groups is 3. The molecule has 1 saturated heterocycles. The molecule has 0 saturated carbocycles. The molecule has 0 radical (unpaired) electrons. The quantitative estimate of drug-likeness (QED) is 0.0484. The van der Waals surface area contributed by atoms with E-state index in [1.165, 1.54) is 35.1 Å². The normalized spacial score (nSPS) is 20.1. The number of fused-ring (bicyclic) bond motifs is 1. The Kier molecular flexibility index (Phi) is 10.7. The number of amides is 2. The van der Waals surface area contributed by atoms with Crippen molar-refractivity contribution in [2.24, 2.45) is 5.16 Å². The summed E-state index contributed by atoms with van der Waals surface area (Å²) in [7, 11) is 1.42. The van der Waals surface area contributed by atoms with Crippen molar-refractivity contribution in [3.63, 3.8) is 0 Å². The smallest absolute Gasteiger partial charge is 0.358 e. The number of β-lactam (4-membered cyclic amide) rings is 1. The van der Waals surface area contributed by atoms with Crippen LogP contribution in [0.15, 0.2) is 112 Å². The summed E-state index contributed by atoms with van der Waals surface area (Å²) in [5.74, 6) is -0.109. The fourth-order valence-electron chi connectivity index (χ4n) is 6.82. The zero-order valence-corrected chi connectivity index (χ0v) is 33.1. The van der Waals surface area contributed by atoms with Crippen LogP contribution in [0.2, 0.25) is 0 Å². The number of anilines is 1. The first-order chi connectivity index (χ1) is 26.0. The number of esters is 1. The number of thioether (sulfide) groups is 1. The number of oxime groups is 1. The molecule has 2 amide bonds. The number of nitrogens with one attached hydrogen (secondary N) is 2. The fraction of sp³-hybridized carbons (Fsp3) is 0.300. The molecule has 7 rings (SSSR count). The molecule has 3 unspecified atom stereocenters.